The summed E-state index contributed by atoms with van der Waals surface area (Å²) in [6.45, 7) is 34.6. The van der Waals surface area contributed by atoms with Gasteiger partial charge in [-0.3, -0.25) is 0 Å². The summed E-state index contributed by atoms with van der Waals surface area (Å²) in [6.07, 6.45) is 0. The Balaban J connectivity index is 1.83. The van der Waals surface area contributed by atoms with E-state index < -0.39 is 16.1 Å². The Morgan fingerprint density at radius 1 is 0.405 bits per heavy atom. The molecule has 0 nitrogen and oxygen atoms in total. The van der Waals surface area contributed by atoms with Gasteiger partial charge in [-0.05, 0) is 101 Å². The Hall–Kier alpha value is -1.47. The fourth-order valence-corrected chi connectivity index (χ4v) is 30.3. The Labute approximate surface area is 265 Å². The molecule has 42 heavy (non-hydrogen) atoms. The van der Waals surface area contributed by atoms with Crippen LogP contribution in [0.1, 0.15) is 94.2 Å². The van der Waals surface area contributed by atoms with Gasteiger partial charge >= 0.3 is 0 Å². The standard InChI is InChI=1S/C38H54S2Si2/c1-21(2)41(22(3)4,23(5)6)35-19-31-27(13)17-33-29(37(31)39-35)15-16-30-34(33)18-28(14)32-20-36(40-38(30)32)42(24(7)8,25(9)10)26(11)12/h15-26H,1-14H3. The van der Waals surface area contributed by atoms with Crippen LogP contribution in [0, 0.1) is 13.8 Å². The molecule has 0 atom stereocenters. The number of hydrogen-bond donors (Lipinski definition) is 0. The summed E-state index contributed by atoms with van der Waals surface area (Å²) in [7, 11) is -3.43. The zero-order valence-corrected chi connectivity index (χ0v) is 32.4. The highest BCUT2D eigenvalue weighted by atomic mass is 32.1. The topological polar surface area (TPSA) is 0 Å². The predicted molar refractivity (Wildman–Crippen MR) is 203 cm³/mol. The van der Waals surface area contributed by atoms with E-state index in [1.165, 1.54) is 52.8 Å². The Kier molecular flexibility index (Phi) is 8.49. The maximum absolute atomic E-state index is 2.62. The molecule has 2 aromatic heterocycles. The third kappa shape index (κ3) is 4.36. The van der Waals surface area contributed by atoms with Gasteiger partial charge in [-0.2, -0.15) is 0 Å². The van der Waals surface area contributed by atoms with Crippen LogP contribution in [0.15, 0.2) is 36.4 Å². The number of thiophene rings is 2. The van der Waals surface area contributed by atoms with Crippen molar-refractivity contribution in [3.8, 4) is 0 Å². The molecule has 0 aliphatic heterocycles. The Bertz CT molecular complexity index is 1600. The van der Waals surface area contributed by atoms with Crippen molar-refractivity contribution >= 4 is 89.5 Å². The van der Waals surface area contributed by atoms with Crippen LogP contribution in [-0.4, -0.2) is 16.1 Å². The second-order valence-corrected chi connectivity index (χ2v) is 29.7. The molecule has 0 N–H and O–H groups in total. The van der Waals surface area contributed by atoms with Gasteiger partial charge in [-0.1, -0.05) is 107 Å². The van der Waals surface area contributed by atoms with Crippen LogP contribution in [0.25, 0.3) is 41.7 Å². The van der Waals surface area contributed by atoms with E-state index in [1.54, 1.807) is 9.00 Å². The quantitative estimate of drug-likeness (QED) is 0.118. The third-order valence-corrected chi connectivity index (χ3v) is 29.6. The summed E-state index contributed by atoms with van der Waals surface area (Å²) in [5, 5.41) is 8.75. The van der Waals surface area contributed by atoms with Gasteiger partial charge in [0.05, 0.1) is 0 Å². The summed E-state index contributed by atoms with van der Waals surface area (Å²) in [4.78, 5) is 0. The maximum Gasteiger partial charge on any atom is 0.107 e. The van der Waals surface area contributed by atoms with E-state index in [9.17, 15) is 0 Å². The van der Waals surface area contributed by atoms with E-state index in [-0.39, 0.29) is 0 Å². The molecule has 5 aromatic rings. The van der Waals surface area contributed by atoms with E-state index in [0.29, 0.717) is 0 Å². The third-order valence-electron chi connectivity index (χ3n) is 11.4. The van der Waals surface area contributed by atoms with Crippen LogP contribution in [0.3, 0.4) is 0 Å². The molecule has 0 aliphatic carbocycles. The zero-order valence-electron chi connectivity index (χ0n) is 28.7. The number of hydrogen-bond acceptors (Lipinski definition) is 2. The van der Waals surface area contributed by atoms with Gasteiger partial charge in [-0.25, -0.2) is 0 Å². The molecule has 0 aliphatic rings. The first-order valence-corrected chi connectivity index (χ1v) is 22.5. The van der Waals surface area contributed by atoms with Crippen LogP contribution in [-0.2, 0) is 0 Å². The number of fused-ring (bicyclic) bond motifs is 7. The summed E-state index contributed by atoms with van der Waals surface area (Å²) in [6, 6.07) is 15.2. The first-order chi connectivity index (χ1) is 19.6. The van der Waals surface area contributed by atoms with Crippen LogP contribution in [0.2, 0.25) is 33.2 Å². The number of benzene rings is 3. The van der Waals surface area contributed by atoms with Gasteiger partial charge in [0.1, 0.15) is 16.1 Å². The van der Waals surface area contributed by atoms with E-state index in [1.807, 2.05) is 0 Å². The highest BCUT2D eigenvalue weighted by Gasteiger charge is 2.47. The van der Waals surface area contributed by atoms with Gasteiger partial charge in [0, 0.05) is 20.2 Å². The Morgan fingerprint density at radius 2 is 0.690 bits per heavy atom. The minimum atomic E-state index is -1.72. The van der Waals surface area contributed by atoms with Crippen molar-refractivity contribution in [1.29, 1.82) is 0 Å². The van der Waals surface area contributed by atoms with Gasteiger partial charge in [-0.15, -0.1) is 22.7 Å². The summed E-state index contributed by atoms with van der Waals surface area (Å²) >= 11 is 4.27. The SMILES string of the molecule is Cc1cc2c3cc(C)c4cc([Si](C(C)C)(C(C)C)C(C)C)sc4c3ccc2c2sc([Si](C(C)C)(C(C)C)C(C)C)cc12. The van der Waals surface area contributed by atoms with Crippen molar-refractivity contribution in [2.24, 2.45) is 0 Å². The molecule has 0 unspecified atom stereocenters. The minimum Gasteiger partial charge on any atom is -0.144 e. The smallest absolute Gasteiger partial charge is 0.107 e. The van der Waals surface area contributed by atoms with Crippen molar-refractivity contribution in [1.82, 2.24) is 0 Å². The molecule has 0 radical (unpaired) electrons. The van der Waals surface area contributed by atoms with Crippen LogP contribution >= 0.6 is 22.7 Å². The van der Waals surface area contributed by atoms with Crippen molar-refractivity contribution in [3.63, 3.8) is 0 Å². The monoisotopic (exact) mass is 630 g/mol. The summed E-state index contributed by atoms with van der Waals surface area (Å²) in [5.41, 5.74) is 7.20. The zero-order chi connectivity index (χ0) is 31.0. The van der Waals surface area contributed by atoms with Crippen LogP contribution < -0.4 is 9.00 Å². The molecule has 2 heterocycles. The van der Waals surface area contributed by atoms with Crippen molar-refractivity contribution in [3.05, 3.63) is 47.5 Å². The lowest BCUT2D eigenvalue weighted by molar-refractivity contribution is 0.837. The van der Waals surface area contributed by atoms with Crippen molar-refractivity contribution in [2.75, 3.05) is 0 Å². The first kappa shape index (κ1) is 31.9. The molecule has 0 fully saturated rings. The molecule has 3 aromatic carbocycles. The van der Waals surface area contributed by atoms with Gasteiger partial charge < -0.3 is 0 Å². The number of rotatable bonds is 8. The molecular formula is C38H54S2Si2. The largest absolute Gasteiger partial charge is 0.144 e. The van der Waals surface area contributed by atoms with E-state index in [2.05, 4.69) is 156 Å². The van der Waals surface area contributed by atoms with E-state index >= 15 is 0 Å². The lowest BCUT2D eigenvalue weighted by Gasteiger charge is -2.42. The molecule has 4 heteroatoms. The Morgan fingerprint density at radius 3 is 0.952 bits per heavy atom. The molecule has 5 rings (SSSR count). The second-order valence-electron chi connectivity index (χ2n) is 15.1. The molecule has 226 valence electrons. The maximum atomic E-state index is 2.62. The molecule has 0 saturated heterocycles. The average Bonchev–Trinajstić information content (AvgIpc) is 3.50. The average molecular weight is 631 g/mol. The summed E-state index contributed by atoms with van der Waals surface area (Å²) in [5.74, 6) is 0. The molecule has 0 bridgehead atoms. The highest BCUT2D eigenvalue weighted by molar-refractivity contribution is 7.33. The minimum absolute atomic E-state index is 0.722. The first-order valence-electron chi connectivity index (χ1n) is 16.4. The highest BCUT2D eigenvalue weighted by Crippen LogP contribution is 2.47. The van der Waals surface area contributed by atoms with Gasteiger partial charge in [0.15, 0.2) is 0 Å². The van der Waals surface area contributed by atoms with Crippen molar-refractivity contribution < 1.29 is 0 Å². The summed E-state index contributed by atoms with van der Waals surface area (Å²) < 4.78 is 6.44. The predicted octanol–water partition coefficient (Wildman–Crippen LogP) is 12.8. The second kappa shape index (κ2) is 11.2. The number of aryl methyl sites for hydroxylation is 2. The lowest BCUT2D eigenvalue weighted by atomic mass is 9.96. The normalized spacial score (nSPS) is 13.8. The van der Waals surface area contributed by atoms with E-state index in [0.717, 1.165) is 33.2 Å². The fraction of sp³-hybridized carbons (Fsp3) is 0.526. The fourth-order valence-electron chi connectivity index (χ4n) is 9.83. The molecular weight excluding hydrogens is 577 g/mol. The van der Waals surface area contributed by atoms with Crippen LogP contribution in [0.4, 0.5) is 0 Å². The van der Waals surface area contributed by atoms with Crippen molar-refractivity contribution in [2.45, 2.75) is 130 Å². The van der Waals surface area contributed by atoms with E-state index in [4.69, 9.17) is 0 Å². The molecule has 0 spiro atoms. The molecule has 0 amide bonds. The van der Waals surface area contributed by atoms with Gasteiger partial charge in [0.25, 0.3) is 0 Å². The van der Waals surface area contributed by atoms with Crippen LogP contribution in [0.5, 0.6) is 0 Å². The van der Waals surface area contributed by atoms with Gasteiger partial charge in [0.2, 0.25) is 0 Å². The molecule has 0 saturated carbocycles. The lowest BCUT2D eigenvalue weighted by Crippen LogP contribution is -2.54.